The summed E-state index contributed by atoms with van der Waals surface area (Å²) >= 11 is 6.07. The molecule has 22 heavy (non-hydrogen) atoms. The summed E-state index contributed by atoms with van der Waals surface area (Å²) in [5, 5.41) is 12.6. The molecule has 0 saturated heterocycles. The highest BCUT2D eigenvalue weighted by Crippen LogP contribution is 2.23. The van der Waals surface area contributed by atoms with Crippen LogP contribution in [-0.4, -0.2) is 32.8 Å². The largest absolute Gasteiger partial charge is 0.463 e. The summed E-state index contributed by atoms with van der Waals surface area (Å²) < 4.78 is 4.94. The van der Waals surface area contributed by atoms with Gasteiger partial charge in [-0.15, -0.1) is 10.2 Å². The lowest BCUT2D eigenvalue weighted by Crippen LogP contribution is -2.07. The van der Waals surface area contributed by atoms with Crippen molar-refractivity contribution >= 4 is 23.1 Å². The number of benzene rings is 1. The molecule has 0 saturated carbocycles. The number of carbonyl (C=O) groups excluding carboxylic acids is 1. The normalized spacial score (nSPS) is 11.5. The lowest BCUT2D eigenvalue weighted by atomic mass is 10.0. The van der Waals surface area contributed by atoms with Gasteiger partial charge < -0.3 is 4.74 Å². The highest BCUT2D eigenvalue weighted by atomic mass is 35.5. The number of allylic oxidation sites excluding steroid dienone is 1. The van der Waals surface area contributed by atoms with Crippen molar-refractivity contribution in [1.82, 2.24) is 20.2 Å². The van der Waals surface area contributed by atoms with Gasteiger partial charge >= 0.3 is 5.97 Å². The van der Waals surface area contributed by atoms with E-state index in [2.05, 4.69) is 15.4 Å². The van der Waals surface area contributed by atoms with Crippen LogP contribution in [0.25, 0.3) is 5.57 Å². The van der Waals surface area contributed by atoms with Gasteiger partial charge in [0, 0.05) is 11.1 Å². The van der Waals surface area contributed by atoms with Crippen LogP contribution < -0.4 is 0 Å². The second-order valence-corrected chi connectivity index (χ2v) is 5.18. The number of nitrogens with zero attached hydrogens (tertiary/aromatic N) is 4. The fourth-order valence-corrected chi connectivity index (χ4v) is 2.25. The third kappa shape index (κ3) is 4.14. The van der Waals surface area contributed by atoms with E-state index in [4.69, 9.17) is 16.3 Å². The quantitative estimate of drug-likeness (QED) is 0.625. The molecular formula is C15H17ClN4O2. The molecule has 2 rings (SSSR count). The predicted octanol–water partition coefficient (Wildman–Crippen LogP) is 2.65. The van der Waals surface area contributed by atoms with E-state index >= 15 is 0 Å². The van der Waals surface area contributed by atoms with Gasteiger partial charge in [-0.1, -0.05) is 17.7 Å². The molecule has 0 N–H and O–H groups in total. The number of halogens is 1. The Morgan fingerprint density at radius 1 is 1.45 bits per heavy atom. The van der Waals surface area contributed by atoms with Gasteiger partial charge in [-0.3, -0.25) is 0 Å². The highest BCUT2D eigenvalue weighted by Gasteiger charge is 2.10. The zero-order valence-corrected chi connectivity index (χ0v) is 13.5. The third-order valence-electron chi connectivity index (χ3n) is 2.98. The number of aromatic nitrogens is 4. The van der Waals surface area contributed by atoms with E-state index in [1.165, 1.54) is 10.9 Å². The van der Waals surface area contributed by atoms with Crippen molar-refractivity contribution in [3.05, 3.63) is 46.2 Å². The van der Waals surface area contributed by atoms with Gasteiger partial charge in [0.2, 0.25) is 0 Å². The molecule has 0 spiro atoms. The SMILES string of the molecule is CCOC(=O)C=C(C)c1ccc(Cl)cc1Cn1nnc(C)n1. The summed E-state index contributed by atoms with van der Waals surface area (Å²) in [4.78, 5) is 13.1. The van der Waals surface area contributed by atoms with E-state index in [9.17, 15) is 4.79 Å². The first-order valence-corrected chi connectivity index (χ1v) is 7.25. The molecule has 0 aliphatic rings. The fourth-order valence-electron chi connectivity index (χ4n) is 2.06. The van der Waals surface area contributed by atoms with E-state index in [1.807, 2.05) is 19.1 Å². The van der Waals surface area contributed by atoms with E-state index in [1.54, 1.807) is 19.9 Å². The topological polar surface area (TPSA) is 69.9 Å². The zero-order valence-electron chi connectivity index (χ0n) is 12.7. The molecule has 1 aromatic heterocycles. The molecule has 2 aromatic rings. The van der Waals surface area contributed by atoms with Crippen molar-refractivity contribution in [3.8, 4) is 0 Å². The fraction of sp³-hybridized carbons (Fsp3) is 0.333. The van der Waals surface area contributed by atoms with E-state index < -0.39 is 0 Å². The van der Waals surface area contributed by atoms with Crippen LogP contribution in [0, 0.1) is 6.92 Å². The molecule has 116 valence electrons. The molecule has 0 aliphatic heterocycles. The van der Waals surface area contributed by atoms with E-state index in [0.717, 1.165) is 16.7 Å². The van der Waals surface area contributed by atoms with Crippen LogP contribution in [0.5, 0.6) is 0 Å². The van der Waals surface area contributed by atoms with Crippen LogP contribution >= 0.6 is 11.6 Å². The maximum absolute atomic E-state index is 11.6. The summed E-state index contributed by atoms with van der Waals surface area (Å²) in [5.74, 6) is 0.234. The van der Waals surface area contributed by atoms with Crippen molar-refractivity contribution in [1.29, 1.82) is 0 Å². The van der Waals surface area contributed by atoms with Gasteiger partial charge in [0.15, 0.2) is 5.82 Å². The standard InChI is InChI=1S/C15H17ClN4O2/c1-4-22-15(21)7-10(2)14-6-5-13(16)8-12(14)9-20-18-11(3)17-19-20/h5-8H,4,9H2,1-3H3. The first kappa shape index (κ1) is 16.2. The van der Waals surface area contributed by atoms with Gasteiger partial charge in [0.1, 0.15) is 0 Å². The Balaban J connectivity index is 2.33. The van der Waals surface area contributed by atoms with Gasteiger partial charge in [-0.2, -0.15) is 4.80 Å². The third-order valence-corrected chi connectivity index (χ3v) is 3.21. The molecule has 1 aromatic carbocycles. The van der Waals surface area contributed by atoms with Crippen LogP contribution in [0.1, 0.15) is 30.8 Å². The predicted molar refractivity (Wildman–Crippen MR) is 83.4 cm³/mol. The second kappa shape index (κ2) is 7.17. The first-order valence-electron chi connectivity index (χ1n) is 6.88. The average molecular weight is 321 g/mol. The molecule has 0 unspecified atom stereocenters. The monoisotopic (exact) mass is 320 g/mol. The molecule has 0 fully saturated rings. The average Bonchev–Trinajstić information content (AvgIpc) is 2.84. The van der Waals surface area contributed by atoms with Crippen LogP contribution in [0.4, 0.5) is 0 Å². The number of tetrazole rings is 1. The van der Waals surface area contributed by atoms with Crippen molar-refractivity contribution in [2.45, 2.75) is 27.3 Å². The number of hydrogen-bond donors (Lipinski definition) is 0. The van der Waals surface area contributed by atoms with E-state index in [0.29, 0.717) is 24.0 Å². The molecule has 0 amide bonds. The van der Waals surface area contributed by atoms with Crippen LogP contribution in [0.3, 0.4) is 0 Å². The van der Waals surface area contributed by atoms with Crippen molar-refractivity contribution in [2.24, 2.45) is 0 Å². The minimum atomic E-state index is -0.365. The molecule has 0 atom stereocenters. The Hall–Kier alpha value is -2.21. The maximum Gasteiger partial charge on any atom is 0.331 e. The van der Waals surface area contributed by atoms with Gasteiger partial charge in [-0.25, -0.2) is 4.79 Å². The lowest BCUT2D eigenvalue weighted by Gasteiger charge is -2.10. The number of carbonyl (C=O) groups is 1. The molecular weight excluding hydrogens is 304 g/mol. The molecule has 0 aliphatic carbocycles. The smallest absolute Gasteiger partial charge is 0.331 e. The van der Waals surface area contributed by atoms with Crippen molar-refractivity contribution in [3.63, 3.8) is 0 Å². The minimum absolute atomic E-state index is 0.345. The molecule has 7 heteroatoms. The van der Waals surface area contributed by atoms with E-state index in [-0.39, 0.29) is 5.97 Å². The zero-order chi connectivity index (χ0) is 16.1. The Labute approximate surface area is 133 Å². The Bertz CT molecular complexity index is 709. The molecule has 0 bridgehead atoms. The van der Waals surface area contributed by atoms with Crippen LogP contribution in [0.15, 0.2) is 24.3 Å². The van der Waals surface area contributed by atoms with Crippen molar-refractivity contribution in [2.75, 3.05) is 6.61 Å². The maximum atomic E-state index is 11.6. The highest BCUT2D eigenvalue weighted by molar-refractivity contribution is 6.30. The number of hydrogen-bond acceptors (Lipinski definition) is 5. The minimum Gasteiger partial charge on any atom is -0.463 e. The Morgan fingerprint density at radius 2 is 2.23 bits per heavy atom. The Morgan fingerprint density at radius 3 is 2.86 bits per heavy atom. The molecule has 0 radical (unpaired) electrons. The van der Waals surface area contributed by atoms with Gasteiger partial charge in [-0.05, 0) is 54.8 Å². The summed E-state index contributed by atoms with van der Waals surface area (Å²) in [6.07, 6.45) is 1.47. The summed E-state index contributed by atoms with van der Waals surface area (Å²) in [7, 11) is 0. The van der Waals surface area contributed by atoms with Gasteiger partial charge in [0.05, 0.1) is 13.2 Å². The van der Waals surface area contributed by atoms with Gasteiger partial charge in [0.25, 0.3) is 0 Å². The first-order chi connectivity index (χ1) is 10.5. The number of aryl methyl sites for hydroxylation is 1. The molecule has 1 heterocycles. The number of ether oxygens (including phenoxy) is 1. The summed E-state index contributed by atoms with van der Waals surface area (Å²) in [5.41, 5.74) is 2.59. The summed E-state index contributed by atoms with van der Waals surface area (Å²) in [6, 6.07) is 5.48. The Kier molecular flexibility index (Phi) is 5.27. The van der Waals surface area contributed by atoms with Crippen LogP contribution in [0.2, 0.25) is 5.02 Å². The number of rotatable bonds is 5. The lowest BCUT2D eigenvalue weighted by molar-refractivity contribution is -0.137. The molecule has 6 nitrogen and oxygen atoms in total. The van der Waals surface area contributed by atoms with Crippen molar-refractivity contribution < 1.29 is 9.53 Å². The number of esters is 1. The summed E-state index contributed by atoms with van der Waals surface area (Å²) in [6.45, 7) is 6.16. The van der Waals surface area contributed by atoms with Crippen LogP contribution in [-0.2, 0) is 16.1 Å². The second-order valence-electron chi connectivity index (χ2n) is 4.75.